The van der Waals surface area contributed by atoms with Crippen LogP contribution in [0, 0.1) is 5.92 Å². The zero-order valence-corrected chi connectivity index (χ0v) is 15.2. The molecule has 1 fully saturated rings. The highest BCUT2D eigenvalue weighted by atomic mass is 35.5. The average molecular weight is 391 g/mol. The van der Waals surface area contributed by atoms with Gasteiger partial charge < -0.3 is 15.5 Å². The summed E-state index contributed by atoms with van der Waals surface area (Å²) in [7, 11) is 0. The van der Waals surface area contributed by atoms with Gasteiger partial charge in [0.1, 0.15) is 0 Å². The lowest BCUT2D eigenvalue weighted by atomic mass is 10.0. The minimum atomic E-state index is -1.82. The van der Waals surface area contributed by atoms with Crippen LogP contribution < -0.4 is 5.32 Å². The quantitative estimate of drug-likeness (QED) is 0.684. The van der Waals surface area contributed by atoms with Crippen molar-refractivity contribution in [1.82, 2.24) is 4.90 Å². The molecule has 1 atom stereocenters. The van der Waals surface area contributed by atoms with Crippen molar-refractivity contribution in [1.29, 1.82) is 0 Å². The van der Waals surface area contributed by atoms with Gasteiger partial charge in [-0.1, -0.05) is 30.1 Å². The molecular weight excluding hydrogens is 371 g/mol. The Morgan fingerprint density at radius 3 is 2.36 bits per heavy atom. The van der Waals surface area contributed by atoms with E-state index in [1.165, 1.54) is 12.8 Å². The van der Waals surface area contributed by atoms with E-state index in [2.05, 4.69) is 17.1 Å². The number of piperidine rings is 1. The van der Waals surface area contributed by atoms with E-state index in [4.69, 9.17) is 43.0 Å². The van der Waals surface area contributed by atoms with Gasteiger partial charge in [-0.05, 0) is 43.5 Å². The van der Waals surface area contributed by atoms with Crippen molar-refractivity contribution in [3.05, 3.63) is 28.2 Å². The van der Waals surface area contributed by atoms with Gasteiger partial charge in [-0.25, -0.2) is 9.59 Å². The number of nitrogens with zero attached hydrogens (tertiary/aromatic N) is 1. The van der Waals surface area contributed by atoms with Gasteiger partial charge in [0.25, 0.3) is 0 Å². The van der Waals surface area contributed by atoms with Gasteiger partial charge in [-0.2, -0.15) is 0 Å². The predicted molar refractivity (Wildman–Crippen MR) is 95.2 cm³/mol. The van der Waals surface area contributed by atoms with Crippen LogP contribution in [0.4, 0.5) is 5.69 Å². The molecule has 0 aliphatic carbocycles. The fourth-order valence-corrected chi connectivity index (χ4v) is 2.71. The molecule has 1 aliphatic rings. The monoisotopic (exact) mass is 390 g/mol. The van der Waals surface area contributed by atoms with Crippen molar-refractivity contribution in [2.75, 3.05) is 25.0 Å². The Hall–Kier alpha value is -1.83. The topological polar surface area (TPSA) is 107 Å². The number of hydrogen-bond donors (Lipinski definition) is 3. The number of carbonyl (C=O) groups excluding carboxylic acids is 1. The van der Waals surface area contributed by atoms with E-state index in [9.17, 15) is 4.79 Å². The molecule has 0 aromatic heterocycles. The molecule has 0 saturated carbocycles. The van der Waals surface area contributed by atoms with Crippen molar-refractivity contribution >= 4 is 46.7 Å². The third-order valence-electron chi connectivity index (χ3n) is 3.49. The van der Waals surface area contributed by atoms with Crippen LogP contribution >= 0.6 is 23.2 Å². The number of carbonyl (C=O) groups is 3. The van der Waals surface area contributed by atoms with Crippen LogP contribution in [0.3, 0.4) is 0 Å². The average Bonchev–Trinajstić information content (AvgIpc) is 2.51. The van der Waals surface area contributed by atoms with E-state index in [0.29, 0.717) is 28.2 Å². The Morgan fingerprint density at radius 1 is 1.20 bits per heavy atom. The molecule has 0 radical (unpaired) electrons. The number of rotatable bonds is 3. The van der Waals surface area contributed by atoms with Crippen LogP contribution in [-0.2, 0) is 14.4 Å². The summed E-state index contributed by atoms with van der Waals surface area (Å²) >= 11 is 11.8. The minimum Gasteiger partial charge on any atom is -0.473 e. The molecule has 0 spiro atoms. The lowest BCUT2D eigenvalue weighted by Crippen LogP contribution is -2.39. The molecule has 1 aromatic rings. The fraction of sp³-hybridized carbons (Fsp3) is 0.438. The summed E-state index contributed by atoms with van der Waals surface area (Å²) in [5, 5.41) is 18.6. The summed E-state index contributed by atoms with van der Waals surface area (Å²) in [5.74, 6) is -2.98. The molecule has 7 nitrogen and oxygen atoms in total. The van der Waals surface area contributed by atoms with Crippen LogP contribution in [-0.4, -0.2) is 52.6 Å². The summed E-state index contributed by atoms with van der Waals surface area (Å²) in [6.45, 7) is 4.65. The number of aliphatic carboxylic acids is 2. The number of carboxylic acid groups (broad SMARTS) is 2. The number of carboxylic acids is 2. The molecule has 3 N–H and O–H groups in total. The maximum absolute atomic E-state index is 12.0. The second-order valence-electron chi connectivity index (χ2n) is 5.77. The number of benzene rings is 1. The van der Waals surface area contributed by atoms with Gasteiger partial charge in [-0.15, -0.1) is 0 Å². The number of likely N-dealkylation sites (tertiary alicyclic amines) is 1. The smallest absolute Gasteiger partial charge is 0.414 e. The summed E-state index contributed by atoms with van der Waals surface area (Å²) in [6.07, 6.45) is 2.42. The SMILES string of the molecule is CC1CCCN(CC(=O)Nc2ccc(Cl)c(Cl)c2)C1.O=C(O)C(=O)O. The van der Waals surface area contributed by atoms with Crippen molar-refractivity contribution in [2.45, 2.75) is 19.8 Å². The van der Waals surface area contributed by atoms with Gasteiger partial charge in [0.05, 0.1) is 16.6 Å². The maximum Gasteiger partial charge on any atom is 0.414 e. The van der Waals surface area contributed by atoms with Gasteiger partial charge in [0.2, 0.25) is 5.91 Å². The number of halogens is 2. The van der Waals surface area contributed by atoms with Gasteiger partial charge in [0.15, 0.2) is 0 Å². The summed E-state index contributed by atoms with van der Waals surface area (Å²) in [6, 6.07) is 5.11. The molecule has 1 saturated heterocycles. The highest BCUT2D eigenvalue weighted by Crippen LogP contribution is 2.25. The van der Waals surface area contributed by atoms with Crippen molar-refractivity contribution in [3.8, 4) is 0 Å². The zero-order chi connectivity index (χ0) is 19.0. The molecule has 1 aromatic carbocycles. The Balaban J connectivity index is 0.000000450. The highest BCUT2D eigenvalue weighted by Gasteiger charge is 2.18. The van der Waals surface area contributed by atoms with Crippen molar-refractivity contribution in [2.24, 2.45) is 5.92 Å². The standard InChI is InChI=1S/C14H18Cl2N2O.C2H2O4/c1-10-3-2-6-18(8-10)9-14(19)17-11-4-5-12(15)13(16)7-11;3-1(4)2(5)6/h4-5,7,10H,2-3,6,8-9H2,1H3,(H,17,19);(H,3,4)(H,5,6). The molecule has 1 unspecified atom stereocenters. The first-order valence-electron chi connectivity index (χ1n) is 7.62. The van der Waals surface area contributed by atoms with Crippen LogP contribution in [0.2, 0.25) is 10.0 Å². The number of hydrogen-bond acceptors (Lipinski definition) is 4. The molecular formula is C16H20Cl2N2O5. The lowest BCUT2D eigenvalue weighted by Gasteiger charge is -2.30. The van der Waals surface area contributed by atoms with Crippen molar-refractivity contribution < 1.29 is 24.6 Å². The van der Waals surface area contributed by atoms with Crippen LogP contribution in [0.1, 0.15) is 19.8 Å². The second-order valence-corrected chi connectivity index (χ2v) is 6.58. The number of nitrogens with one attached hydrogen (secondary N) is 1. The van der Waals surface area contributed by atoms with E-state index >= 15 is 0 Å². The molecule has 0 bridgehead atoms. The third-order valence-corrected chi connectivity index (χ3v) is 4.23. The molecule has 1 amide bonds. The van der Waals surface area contributed by atoms with Crippen LogP contribution in [0.25, 0.3) is 0 Å². The van der Waals surface area contributed by atoms with E-state index in [0.717, 1.165) is 13.1 Å². The van der Waals surface area contributed by atoms with E-state index in [1.807, 2.05) is 0 Å². The molecule has 25 heavy (non-hydrogen) atoms. The van der Waals surface area contributed by atoms with E-state index < -0.39 is 11.9 Å². The maximum atomic E-state index is 12.0. The Morgan fingerprint density at radius 2 is 1.84 bits per heavy atom. The predicted octanol–water partition coefficient (Wildman–Crippen LogP) is 2.82. The van der Waals surface area contributed by atoms with Crippen LogP contribution in [0.5, 0.6) is 0 Å². The largest absolute Gasteiger partial charge is 0.473 e. The first-order valence-corrected chi connectivity index (χ1v) is 8.38. The van der Waals surface area contributed by atoms with Crippen molar-refractivity contribution in [3.63, 3.8) is 0 Å². The van der Waals surface area contributed by atoms with E-state index in [1.54, 1.807) is 18.2 Å². The van der Waals surface area contributed by atoms with Crippen LogP contribution in [0.15, 0.2) is 18.2 Å². The fourth-order valence-electron chi connectivity index (χ4n) is 2.41. The van der Waals surface area contributed by atoms with Gasteiger partial charge in [-0.3, -0.25) is 9.69 Å². The van der Waals surface area contributed by atoms with Gasteiger partial charge in [0, 0.05) is 12.2 Å². The Kier molecular flexibility index (Phi) is 8.68. The Bertz CT molecular complexity index is 627. The molecule has 1 heterocycles. The van der Waals surface area contributed by atoms with Gasteiger partial charge >= 0.3 is 11.9 Å². The summed E-state index contributed by atoms with van der Waals surface area (Å²) in [4.78, 5) is 32.3. The lowest BCUT2D eigenvalue weighted by molar-refractivity contribution is -0.159. The Labute approximate surface area is 155 Å². The molecule has 2 rings (SSSR count). The molecule has 138 valence electrons. The normalized spacial score (nSPS) is 17.2. The van der Waals surface area contributed by atoms with E-state index in [-0.39, 0.29) is 5.91 Å². The number of amides is 1. The zero-order valence-electron chi connectivity index (χ0n) is 13.7. The highest BCUT2D eigenvalue weighted by molar-refractivity contribution is 6.42. The third kappa shape index (κ3) is 8.20. The second kappa shape index (κ2) is 10.2. The summed E-state index contributed by atoms with van der Waals surface area (Å²) in [5.41, 5.74) is 0.685. The number of anilines is 1. The molecule has 9 heteroatoms. The minimum absolute atomic E-state index is 0.00695. The first-order chi connectivity index (χ1) is 11.7. The summed E-state index contributed by atoms with van der Waals surface area (Å²) < 4.78 is 0. The molecule has 1 aliphatic heterocycles. The first kappa shape index (κ1) is 21.2.